The van der Waals surface area contributed by atoms with Gasteiger partial charge in [0.2, 0.25) is 0 Å². The van der Waals surface area contributed by atoms with Crippen LogP contribution in [0.1, 0.15) is 17.3 Å². The maximum absolute atomic E-state index is 12.5. The van der Waals surface area contributed by atoms with Gasteiger partial charge in [0.25, 0.3) is 5.91 Å². The molecule has 1 amide bonds. The summed E-state index contributed by atoms with van der Waals surface area (Å²) >= 11 is 4.90. The predicted molar refractivity (Wildman–Crippen MR) is 85.8 cm³/mol. The van der Waals surface area contributed by atoms with Crippen LogP contribution in [0.2, 0.25) is 0 Å². The summed E-state index contributed by atoms with van der Waals surface area (Å²) in [4.78, 5) is 14.0. The van der Waals surface area contributed by atoms with Crippen LogP contribution in [0, 0.1) is 0 Å². The van der Waals surface area contributed by atoms with E-state index < -0.39 is 15.2 Å². The van der Waals surface area contributed by atoms with Crippen LogP contribution < -0.4 is 0 Å². The number of nitrogens with zero attached hydrogens (tertiary/aromatic N) is 1. The molecule has 1 unspecified atom stereocenters. The van der Waals surface area contributed by atoms with Gasteiger partial charge in [0, 0.05) is 33.8 Å². The molecule has 0 spiro atoms. The summed E-state index contributed by atoms with van der Waals surface area (Å²) in [5.41, 5.74) is 0.524. The Labute approximate surface area is 132 Å². The molecule has 0 N–H and O–H groups in total. The number of sulfone groups is 1. The van der Waals surface area contributed by atoms with E-state index in [9.17, 15) is 13.2 Å². The number of rotatable bonds is 3. The summed E-state index contributed by atoms with van der Waals surface area (Å²) in [6.45, 7) is 2.10. The number of hydrogen-bond donors (Lipinski definition) is 0. The fourth-order valence-electron chi connectivity index (χ4n) is 2.06. The molecule has 4 nitrogen and oxygen atoms in total. The van der Waals surface area contributed by atoms with Gasteiger partial charge in [-0.3, -0.25) is 4.79 Å². The largest absolute Gasteiger partial charge is 0.320 e. The molecule has 20 heavy (non-hydrogen) atoms. The third kappa shape index (κ3) is 3.38. The number of benzene rings is 1. The Morgan fingerprint density at radius 3 is 2.65 bits per heavy atom. The van der Waals surface area contributed by atoms with Crippen LogP contribution in [0.15, 0.2) is 28.7 Å². The first-order valence-electron chi connectivity index (χ1n) is 6.31. The lowest BCUT2D eigenvalue weighted by molar-refractivity contribution is 0.0749. The SMILES string of the molecule is CCS(=O)(=O)C1CSCCN1C(=O)c1ccc(Br)cc1. The Hall–Kier alpha value is -0.530. The zero-order chi connectivity index (χ0) is 14.8. The minimum Gasteiger partial charge on any atom is -0.320 e. The highest BCUT2D eigenvalue weighted by molar-refractivity contribution is 9.10. The molecule has 0 radical (unpaired) electrons. The fourth-order valence-corrected chi connectivity index (χ4v) is 5.29. The molecule has 0 aromatic heterocycles. The molecule has 1 aromatic carbocycles. The van der Waals surface area contributed by atoms with E-state index in [0.29, 0.717) is 17.9 Å². The summed E-state index contributed by atoms with van der Waals surface area (Å²) in [6.07, 6.45) is 0. The number of hydrogen-bond acceptors (Lipinski definition) is 4. The van der Waals surface area contributed by atoms with Gasteiger partial charge < -0.3 is 4.90 Å². The summed E-state index contributed by atoms with van der Waals surface area (Å²) in [5, 5.41) is -0.706. The zero-order valence-electron chi connectivity index (χ0n) is 11.1. The molecular formula is C13H16BrNO3S2. The molecule has 0 aliphatic carbocycles. The molecule has 0 bridgehead atoms. The first kappa shape index (κ1) is 15.9. The van der Waals surface area contributed by atoms with E-state index in [1.54, 1.807) is 43.0 Å². The quantitative estimate of drug-likeness (QED) is 0.811. The number of carbonyl (C=O) groups is 1. The molecule has 1 heterocycles. The van der Waals surface area contributed by atoms with E-state index in [1.165, 1.54) is 4.90 Å². The first-order valence-corrected chi connectivity index (χ1v) is 9.98. The minimum absolute atomic E-state index is 0.0579. The second-order valence-corrected chi connectivity index (χ2v) is 9.00. The van der Waals surface area contributed by atoms with Crippen molar-refractivity contribution < 1.29 is 13.2 Å². The normalized spacial score (nSPS) is 19.9. The summed E-state index contributed by atoms with van der Waals surface area (Å²) in [5.74, 6) is 1.08. The second-order valence-electron chi connectivity index (χ2n) is 4.49. The van der Waals surface area contributed by atoms with Crippen molar-refractivity contribution in [3.8, 4) is 0 Å². The second kappa shape index (κ2) is 6.49. The van der Waals surface area contributed by atoms with Crippen LogP contribution in [-0.4, -0.2) is 48.4 Å². The molecule has 7 heteroatoms. The molecule has 110 valence electrons. The van der Waals surface area contributed by atoms with Gasteiger partial charge in [-0.15, -0.1) is 0 Å². The van der Waals surface area contributed by atoms with E-state index in [-0.39, 0.29) is 11.7 Å². The Balaban J connectivity index is 2.28. The van der Waals surface area contributed by atoms with Gasteiger partial charge in [-0.2, -0.15) is 11.8 Å². The molecule has 0 saturated carbocycles. The summed E-state index contributed by atoms with van der Waals surface area (Å²) in [6, 6.07) is 7.00. The van der Waals surface area contributed by atoms with Gasteiger partial charge in [0.05, 0.1) is 0 Å². The molecule has 1 aromatic rings. The highest BCUT2D eigenvalue weighted by Crippen LogP contribution is 2.24. The van der Waals surface area contributed by atoms with E-state index in [4.69, 9.17) is 0 Å². The average molecular weight is 378 g/mol. The van der Waals surface area contributed by atoms with Crippen LogP contribution in [-0.2, 0) is 9.84 Å². The zero-order valence-corrected chi connectivity index (χ0v) is 14.3. The molecule has 1 aliphatic rings. The summed E-state index contributed by atoms with van der Waals surface area (Å²) in [7, 11) is -3.26. The molecular weight excluding hydrogens is 362 g/mol. The Bertz CT molecular complexity index is 586. The number of amides is 1. The van der Waals surface area contributed by atoms with Crippen molar-refractivity contribution in [2.45, 2.75) is 12.3 Å². The van der Waals surface area contributed by atoms with Crippen molar-refractivity contribution >= 4 is 43.4 Å². The third-order valence-electron chi connectivity index (χ3n) is 3.25. The van der Waals surface area contributed by atoms with E-state index in [2.05, 4.69) is 15.9 Å². The topological polar surface area (TPSA) is 54.5 Å². The van der Waals surface area contributed by atoms with Gasteiger partial charge in [-0.05, 0) is 24.3 Å². The number of carbonyl (C=O) groups excluding carboxylic acids is 1. The Morgan fingerprint density at radius 2 is 2.05 bits per heavy atom. The number of thioether (sulfide) groups is 1. The lowest BCUT2D eigenvalue weighted by Crippen LogP contribution is -2.50. The van der Waals surface area contributed by atoms with Crippen molar-refractivity contribution in [2.24, 2.45) is 0 Å². The van der Waals surface area contributed by atoms with Crippen molar-refractivity contribution in [2.75, 3.05) is 23.8 Å². The predicted octanol–water partition coefficient (Wildman–Crippen LogP) is 2.40. The highest BCUT2D eigenvalue weighted by Gasteiger charge is 2.36. The monoisotopic (exact) mass is 377 g/mol. The van der Waals surface area contributed by atoms with Crippen LogP contribution in [0.5, 0.6) is 0 Å². The van der Waals surface area contributed by atoms with Gasteiger partial charge in [0.1, 0.15) is 5.37 Å². The van der Waals surface area contributed by atoms with Crippen LogP contribution in [0.3, 0.4) is 0 Å². The Kier molecular flexibility index (Phi) is 5.14. The van der Waals surface area contributed by atoms with Crippen LogP contribution >= 0.6 is 27.7 Å². The van der Waals surface area contributed by atoms with Gasteiger partial charge in [0.15, 0.2) is 9.84 Å². The first-order chi connectivity index (χ1) is 9.45. The van der Waals surface area contributed by atoms with Crippen molar-refractivity contribution in [3.05, 3.63) is 34.3 Å². The highest BCUT2D eigenvalue weighted by atomic mass is 79.9. The van der Waals surface area contributed by atoms with Gasteiger partial charge in [-0.25, -0.2) is 8.42 Å². The van der Waals surface area contributed by atoms with Gasteiger partial charge in [-0.1, -0.05) is 22.9 Å². The van der Waals surface area contributed by atoms with Crippen molar-refractivity contribution in [3.63, 3.8) is 0 Å². The summed E-state index contributed by atoms with van der Waals surface area (Å²) < 4.78 is 25.2. The minimum atomic E-state index is -3.26. The van der Waals surface area contributed by atoms with Crippen molar-refractivity contribution in [1.82, 2.24) is 4.90 Å². The third-order valence-corrected chi connectivity index (χ3v) is 7.07. The average Bonchev–Trinajstić information content (AvgIpc) is 2.47. The van der Waals surface area contributed by atoms with Gasteiger partial charge >= 0.3 is 0 Å². The fraction of sp³-hybridized carbons (Fsp3) is 0.462. The smallest absolute Gasteiger partial charge is 0.254 e. The van der Waals surface area contributed by atoms with Crippen LogP contribution in [0.4, 0.5) is 0 Å². The Morgan fingerprint density at radius 1 is 1.40 bits per heavy atom. The van der Waals surface area contributed by atoms with E-state index in [0.717, 1.165) is 10.2 Å². The van der Waals surface area contributed by atoms with E-state index in [1.807, 2.05) is 0 Å². The maximum Gasteiger partial charge on any atom is 0.254 e. The van der Waals surface area contributed by atoms with Crippen LogP contribution in [0.25, 0.3) is 0 Å². The molecule has 1 aliphatic heterocycles. The molecule has 1 fully saturated rings. The van der Waals surface area contributed by atoms with Crippen molar-refractivity contribution in [1.29, 1.82) is 0 Å². The maximum atomic E-state index is 12.5. The number of halogens is 1. The molecule has 2 rings (SSSR count). The molecule has 1 saturated heterocycles. The lowest BCUT2D eigenvalue weighted by atomic mass is 10.2. The van der Waals surface area contributed by atoms with E-state index >= 15 is 0 Å². The molecule has 1 atom stereocenters. The standard InChI is InChI=1S/C13H16BrNO3S2/c1-2-20(17,18)12-9-19-8-7-15(12)13(16)10-3-5-11(14)6-4-10/h3-6,12H,2,7-9H2,1H3. The lowest BCUT2D eigenvalue weighted by Gasteiger charge is -2.34.